The van der Waals surface area contributed by atoms with Crippen LogP contribution in [-0.4, -0.2) is 18.2 Å². The van der Waals surface area contributed by atoms with E-state index >= 15 is 0 Å². The minimum atomic E-state index is -3.61. The highest BCUT2D eigenvalue weighted by Crippen LogP contribution is 2.30. The number of sulfone groups is 1. The summed E-state index contributed by atoms with van der Waals surface area (Å²) in [6.45, 7) is 1.96. The molecule has 5 nitrogen and oxygen atoms in total. The van der Waals surface area contributed by atoms with Crippen molar-refractivity contribution in [3.05, 3.63) is 39.1 Å². The van der Waals surface area contributed by atoms with Crippen molar-refractivity contribution < 1.29 is 8.42 Å². The van der Waals surface area contributed by atoms with Gasteiger partial charge in [0.15, 0.2) is 9.84 Å². The third-order valence-electron chi connectivity index (χ3n) is 3.12. The van der Waals surface area contributed by atoms with Gasteiger partial charge in [-0.25, -0.2) is 8.42 Å². The van der Waals surface area contributed by atoms with Crippen molar-refractivity contribution in [3.8, 4) is 0 Å². The number of aromatic nitrogens is 2. The Hall–Kier alpha value is -1.05. The Morgan fingerprint density at radius 2 is 2.10 bits per heavy atom. The summed E-state index contributed by atoms with van der Waals surface area (Å²) in [7, 11) is -1.89. The van der Waals surface area contributed by atoms with Crippen LogP contribution < -0.4 is 5.73 Å². The summed E-state index contributed by atoms with van der Waals surface area (Å²) in [5, 5.41) is 4.46. The number of rotatable bonds is 4. The van der Waals surface area contributed by atoms with E-state index in [-0.39, 0.29) is 15.7 Å². The molecule has 2 rings (SSSR count). The van der Waals surface area contributed by atoms with Crippen LogP contribution in [0.15, 0.2) is 27.6 Å². The topological polar surface area (TPSA) is 78.0 Å². The van der Waals surface area contributed by atoms with Gasteiger partial charge in [0.2, 0.25) is 0 Å². The van der Waals surface area contributed by atoms with Crippen molar-refractivity contribution >= 4 is 43.1 Å². The Bertz CT molecular complexity index is 787. The van der Waals surface area contributed by atoms with Crippen LogP contribution in [0.2, 0.25) is 5.02 Å². The number of nitrogens with zero attached hydrogens (tertiary/aromatic N) is 2. The fourth-order valence-electron chi connectivity index (χ4n) is 1.99. The molecule has 0 aliphatic heterocycles. The lowest BCUT2D eigenvalue weighted by Crippen LogP contribution is -2.10. The molecule has 1 aromatic heterocycles. The van der Waals surface area contributed by atoms with Gasteiger partial charge in [-0.15, -0.1) is 0 Å². The van der Waals surface area contributed by atoms with E-state index in [4.69, 9.17) is 17.3 Å². The van der Waals surface area contributed by atoms with Gasteiger partial charge >= 0.3 is 0 Å². The average Bonchev–Trinajstić information content (AvgIpc) is 2.68. The van der Waals surface area contributed by atoms with Gasteiger partial charge in [-0.05, 0) is 40.5 Å². The molecule has 2 N–H and O–H groups in total. The summed E-state index contributed by atoms with van der Waals surface area (Å²) in [4.78, 5) is 0.0373. The van der Waals surface area contributed by atoms with Gasteiger partial charge in [-0.1, -0.05) is 18.5 Å². The summed E-state index contributed by atoms with van der Waals surface area (Å²) < 4.78 is 27.4. The lowest BCUT2D eigenvalue weighted by molar-refractivity contribution is 0.591. The van der Waals surface area contributed by atoms with E-state index in [9.17, 15) is 8.42 Å². The van der Waals surface area contributed by atoms with Crippen LogP contribution in [-0.2, 0) is 29.1 Å². The average molecular weight is 393 g/mol. The van der Waals surface area contributed by atoms with Crippen molar-refractivity contribution in [2.75, 3.05) is 5.73 Å². The maximum Gasteiger partial charge on any atom is 0.185 e. The summed E-state index contributed by atoms with van der Waals surface area (Å²) in [6, 6.07) is 4.43. The highest BCUT2D eigenvalue weighted by Gasteiger charge is 2.24. The lowest BCUT2D eigenvalue weighted by atomic mass is 10.3. The number of hydrogen-bond donors (Lipinski definition) is 1. The molecule has 21 heavy (non-hydrogen) atoms. The second kappa shape index (κ2) is 5.98. The lowest BCUT2D eigenvalue weighted by Gasteiger charge is -2.08. The van der Waals surface area contributed by atoms with E-state index in [2.05, 4.69) is 21.0 Å². The predicted octanol–water partition coefficient (Wildman–Crippen LogP) is 2.95. The van der Waals surface area contributed by atoms with E-state index in [1.807, 2.05) is 6.92 Å². The Morgan fingerprint density at radius 3 is 2.67 bits per heavy atom. The first-order valence-electron chi connectivity index (χ1n) is 6.24. The van der Waals surface area contributed by atoms with E-state index in [0.29, 0.717) is 17.8 Å². The summed E-state index contributed by atoms with van der Waals surface area (Å²) in [5.41, 5.74) is 7.42. The number of hydrogen-bond acceptors (Lipinski definition) is 4. The van der Waals surface area contributed by atoms with Crippen LogP contribution in [0.1, 0.15) is 18.3 Å². The minimum absolute atomic E-state index is 0.0373. The fourth-order valence-corrected chi connectivity index (χ4v) is 4.93. The van der Waals surface area contributed by atoms with Gasteiger partial charge in [0.05, 0.1) is 31.5 Å². The minimum Gasteiger partial charge on any atom is -0.399 e. The predicted molar refractivity (Wildman–Crippen MR) is 87.0 cm³/mol. The zero-order chi connectivity index (χ0) is 15.8. The van der Waals surface area contributed by atoms with Crippen molar-refractivity contribution in [1.29, 1.82) is 0 Å². The first-order valence-corrected chi connectivity index (χ1v) is 9.06. The largest absolute Gasteiger partial charge is 0.399 e. The molecule has 0 aliphatic carbocycles. The highest BCUT2D eigenvalue weighted by molar-refractivity contribution is 9.10. The number of anilines is 1. The molecule has 0 bridgehead atoms. The molecule has 0 atom stereocenters. The molecule has 1 aromatic carbocycles. The second-order valence-corrected chi connectivity index (χ2v) is 7.79. The smallest absolute Gasteiger partial charge is 0.185 e. The van der Waals surface area contributed by atoms with Gasteiger partial charge in [-0.2, -0.15) is 5.10 Å². The molecule has 1 heterocycles. The van der Waals surface area contributed by atoms with E-state index < -0.39 is 9.84 Å². The maximum absolute atomic E-state index is 12.6. The van der Waals surface area contributed by atoms with Crippen molar-refractivity contribution in [2.45, 2.75) is 24.0 Å². The van der Waals surface area contributed by atoms with Gasteiger partial charge in [0, 0.05) is 12.7 Å². The van der Waals surface area contributed by atoms with Gasteiger partial charge in [-0.3, -0.25) is 4.68 Å². The monoisotopic (exact) mass is 391 g/mol. The Balaban J connectivity index is 2.47. The number of nitrogens with two attached hydrogens (primary N) is 1. The summed E-state index contributed by atoms with van der Waals surface area (Å²) >= 11 is 9.41. The van der Waals surface area contributed by atoms with Crippen LogP contribution in [0, 0.1) is 0 Å². The number of benzene rings is 1. The molecule has 0 saturated heterocycles. The van der Waals surface area contributed by atoms with E-state index in [0.717, 1.165) is 10.2 Å². The maximum atomic E-state index is 12.6. The zero-order valence-corrected chi connectivity index (χ0v) is 14.8. The molecular formula is C13H15BrClN3O2S. The van der Waals surface area contributed by atoms with Crippen LogP contribution in [0.4, 0.5) is 5.69 Å². The molecule has 0 unspecified atom stereocenters. The zero-order valence-electron chi connectivity index (χ0n) is 11.6. The molecule has 0 aliphatic rings. The molecule has 0 spiro atoms. The third kappa shape index (κ3) is 3.25. The van der Waals surface area contributed by atoms with E-state index in [1.54, 1.807) is 17.8 Å². The molecule has 0 amide bonds. The number of aryl methyl sites for hydroxylation is 2. The molecule has 0 fully saturated rings. The van der Waals surface area contributed by atoms with Crippen LogP contribution >= 0.6 is 27.5 Å². The molecular weight excluding hydrogens is 378 g/mol. The molecule has 8 heteroatoms. The second-order valence-electron chi connectivity index (χ2n) is 4.63. The van der Waals surface area contributed by atoms with Gasteiger partial charge in [0.1, 0.15) is 0 Å². The van der Waals surface area contributed by atoms with Crippen molar-refractivity contribution in [3.63, 3.8) is 0 Å². The normalized spacial score (nSPS) is 11.8. The fraction of sp³-hybridized carbons (Fsp3) is 0.308. The molecule has 2 aromatic rings. The summed E-state index contributed by atoms with van der Waals surface area (Å²) in [6.07, 6.45) is 0.716. The highest BCUT2D eigenvalue weighted by atomic mass is 79.9. The molecule has 0 saturated carbocycles. The molecule has 0 radical (unpaired) electrons. The van der Waals surface area contributed by atoms with E-state index in [1.165, 1.54) is 12.1 Å². The Morgan fingerprint density at radius 1 is 1.43 bits per heavy atom. The third-order valence-corrected chi connectivity index (χ3v) is 6.14. The van der Waals surface area contributed by atoms with Gasteiger partial charge in [0.25, 0.3) is 0 Å². The first kappa shape index (κ1) is 16.3. The van der Waals surface area contributed by atoms with Crippen LogP contribution in [0.3, 0.4) is 0 Å². The quantitative estimate of drug-likeness (QED) is 0.811. The van der Waals surface area contributed by atoms with Crippen LogP contribution in [0.25, 0.3) is 0 Å². The van der Waals surface area contributed by atoms with Crippen molar-refractivity contribution in [1.82, 2.24) is 9.78 Å². The Labute approximate surface area is 137 Å². The number of nitrogen functional groups attached to an aromatic ring is 1. The Kier molecular flexibility index (Phi) is 4.65. The van der Waals surface area contributed by atoms with Gasteiger partial charge < -0.3 is 5.73 Å². The molecule has 114 valence electrons. The summed E-state index contributed by atoms with van der Waals surface area (Å²) in [5.74, 6) is -0.194. The standard InChI is InChI=1S/C13H15BrClN3O2S/c1-3-10-13(14)11(18(2)17-10)7-21(19,20)12-6-8(16)4-5-9(12)15/h4-6H,3,7,16H2,1-2H3. The van der Waals surface area contributed by atoms with Crippen LogP contribution in [0.5, 0.6) is 0 Å². The number of halogens is 2. The first-order chi connectivity index (χ1) is 9.76. The van der Waals surface area contributed by atoms with Crippen molar-refractivity contribution in [2.24, 2.45) is 7.05 Å². The SMILES string of the molecule is CCc1nn(C)c(CS(=O)(=O)c2cc(N)ccc2Cl)c1Br.